The predicted molar refractivity (Wildman–Crippen MR) is 91.3 cm³/mol. The van der Waals surface area contributed by atoms with E-state index in [9.17, 15) is 0 Å². The van der Waals surface area contributed by atoms with Crippen LogP contribution in [0.3, 0.4) is 0 Å². The molecule has 1 nitrogen and oxygen atoms in total. The van der Waals surface area contributed by atoms with E-state index in [-0.39, 0.29) is 0 Å². The van der Waals surface area contributed by atoms with Gasteiger partial charge < -0.3 is 4.98 Å². The maximum atomic E-state index is 4.02. The molecule has 0 radical (unpaired) electrons. The van der Waals surface area contributed by atoms with Crippen molar-refractivity contribution < 1.29 is 0 Å². The molecule has 0 aliphatic heterocycles. The number of fused-ring (bicyclic) bond motifs is 3. The van der Waals surface area contributed by atoms with Crippen LogP contribution in [0.15, 0.2) is 73.3 Å². The summed E-state index contributed by atoms with van der Waals surface area (Å²) >= 11 is 0. The molecular formula is C20H15N. The fourth-order valence-electron chi connectivity index (χ4n) is 3.02. The molecule has 0 amide bonds. The van der Waals surface area contributed by atoms with Crippen LogP contribution in [0.2, 0.25) is 0 Å². The Hall–Kier alpha value is -2.80. The molecule has 0 unspecified atom stereocenters. The van der Waals surface area contributed by atoms with Crippen molar-refractivity contribution in [3.8, 4) is 11.1 Å². The van der Waals surface area contributed by atoms with Crippen molar-refractivity contribution in [2.24, 2.45) is 0 Å². The molecule has 0 atom stereocenters. The van der Waals surface area contributed by atoms with Crippen molar-refractivity contribution in [1.82, 2.24) is 4.98 Å². The van der Waals surface area contributed by atoms with E-state index in [0.717, 1.165) is 11.1 Å². The first-order valence-corrected chi connectivity index (χ1v) is 7.10. The van der Waals surface area contributed by atoms with Crippen LogP contribution in [0.5, 0.6) is 0 Å². The van der Waals surface area contributed by atoms with E-state index in [0.29, 0.717) is 0 Å². The van der Waals surface area contributed by atoms with Gasteiger partial charge in [-0.2, -0.15) is 0 Å². The first-order chi connectivity index (χ1) is 10.4. The third kappa shape index (κ3) is 1.78. The van der Waals surface area contributed by atoms with Gasteiger partial charge in [-0.1, -0.05) is 73.3 Å². The fraction of sp³-hybridized carbons (Fsp3) is 0. The van der Waals surface area contributed by atoms with E-state index in [1.165, 1.54) is 27.4 Å². The normalized spacial score (nSPS) is 11.0. The minimum Gasteiger partial charge on any atom is -0.354 e. The fourth-order valence-corrected chi connectivity index (χ4v) is 3.02. The van der Waals surface area contributed by atoms with Gasteiger partial charge in [0.15, 0.2) is 0 Å². The predicted octanol–water partition coefficient (Wildman–Crippen LogP) is 5.63. The molecule has 1 aromatic heterocycles. The van der Waals surface area contributed by atoms with Gasteiger partial charge in [0.1, 0.15) is 0 Å². The maximum Gasteiger partial charge on any atom is 0.0544 e. The van der Waals surface area contributed by atoms with Crippen molar-refractivity contribution in [1.29, 1.82) is 0 Å². The van der Waals surface area contributed by atoms with Gasteiger partial charge in [0.2, 0.25) is 0 Å². The van der Waals surface area contributed by atoms with Crippen molar-refractivity contribution in [3.05, 3.63) is 78.9 Å². The number of aromatic amines is 1. The minimum absolute atomic E-state index is 1.16. The molecule has 100 valence electrons. The highest BCUT2D eigenvalue weighted by Crippen LogP contribution is 2.34. The average Bonchev–Trinajstić information content (AvgIpc) is 2.93. The molecule has 21 heavy (non-hydrogen) atoms. The molecule has 3 aromatic carbocycles. The third-order valence-corrected chi connectivity index (χ3v) is 4.01. The van der Waals surface area contributed by atoms with Gasteiger partial charge in [-0.25, -0.2) is 0 Å². The van der Waals surface area contributed by atoms with Crippen LogP contribution in [-0.4, -0.2) is 4.98 Å². The highest BCUT2D eigenvalue weighted by Gasteiger charge is 2.11. The van der Waals surface area contributed by atoms with E-state index in [2.05, 4.69) is 72.2 Å². The first-order valence-electron chi connectivity index (χ1n) is 7.10. The van der Waals surface area contributed by atoms with Crippen molar-refractivity contribution in [2.75, 3.05) is 0 Å². The molecule has 0 bridgehead atoms. The summed E-state index contributed by atoms with van der Waals surface area (Å²) in [5.41, 5.74) is 5.92. The van der Waals surface area contributed by atoms with Gasteiger partial charge in [0.05, 0.1) is 5.52 Å². The Morgan fingerprint density at radius 2 is 1.52 bits per heavy atom. The molecule has 0 spiro atoms. The van der Waals surface area contributed by atoms with Crippen LogP contribution >= 0.6 is 0 Å². The SMILES string of the molecule is C=Cc1c(-c2ccccc2)ccc2c1[nH]c1ccccc12. The monoisotopic (exact) mass is 269 g/mol. The summed E-state index contributed by atoms with van der Waals surface area (Å²) in [6, 6.07) is 23.2. The average molecular weight is 269 g/mol. The van der Waals surface area contributed by atoms with Crippen molar-refractivity contribution in [3.63, 3.8) is 0 Å². The summed E-state index contributed by atoms with van der Waals surface area (Å²) < 4.78 is 0. The lowest BCUT2D eigenvalue weighted by molar-refractivity contribution is 1.53. The standard InChI is InChI=1S/C20H15N/c1-2-15-16(14-8-4-3-5-9-14)12-13-18-17-10-6-7-11-19(17)21-20(15)18/h2-13,21H,1H2. The number of rotatable bonds is 2. The number of nitrogens with one attached hydrogen (secondary N) is 1. The lowest BCUT2D eigenvalue weighted by atomic mass is 9.97. The summed E-state index contributed by atoms with van der Waals surface area (Å²) in [5.74, 6) is 0. The second kappa shape index (κ2) is 4.64. The second-order valence-corrected chi connectivity index (χ2v) is 5.19. The van der Waals surface area contributed by atoms with Gasteiger partial charge in [0.25, 0.3) is 0 Å². The van der Waals surface area contributed by atoms with Gasteiger partial charge in [-0.15, -0.1) is 0 Å². The molecular weight excluding hydrogens is 254 g/mol. The van der Waals surface area contributed by atoms with Crippen LogP contribution in [0.25, 0.3) is 39.0 Å². The molecule has 4 aromatic rings. The molecule has 0 aliphatic rings. The number of H-pyrrole nitrogens is 1. The van der Waals surface area contributed by atoms with E-state index >= 15 is 0 Å². The summed E-state index contributed by atoms with van der Waals surface area (Å²) in [6.07, 6.45) is 1.94. The van der Waals surface area contributed by atoms with Gasteiger partial charge in [-0.05, 0) is 17.2 Å². The maximum absolute atomic E-state index is 4.02. The van der Waals surface area contributed by atoms with Gasteiger partial charge in [0, 0.05) is 21.9 Å². The van der Waals surface area contributed by atoms with Crippen LogP contribution in [0, 0.1) is 0 Å². The van der Waals surface area contributed by atoms with Crippen LogP contribution in [0.4, 0.5) is 0 Å². The molecule has 0 aliphatic carbocycles. The number of benzene rings is 3. The molecule has 4 rings (SSSR count). The molecule has 1 N–H and O–H groups in total. The largest absolute Gasteiger partial charge is 0.354 e. The Morgan fingerprint density at radius 1 is 0.762 bits per heavy atom. The lowest BCUT2D eigenvalue weighted by Crippen LogP contribution is -1.85. The molecule has 1 heteroatoms. The smallest absolute Gasteiger partial charge is 0.0544 e. The molecule has 0 saturated heterocycles. The molecule has 0 saturated carbocycles. The third-order valence-electron chi connectivity index (χ3n) is 4.01. The Bertz CT molecular complexity index is 946. The van der Waals surface area contributed by atoms with Crippen LogP contribution < -0.4 is 0 Å². The quantitative estimate of drug-likeness (QED) is 0.485. The van der Waals surface area contributed by atoms with E-state index < -0.39 is 0 Å². The zero-order chi connectivity index (χ0) is 14.2. The highest BCUT2D eigenvalue weighted by atomic mass is 14.7. The van der Waals surface area contributed by atoms with Gasteiger partial charge in [-0.3, -0.25) is 0 Å². The molecule has 1 heterocycles. The number of hydrogen-bond donors (Lipinski definition) is 1. The van der Waals surface area contributed by atoms with Crippen LogP contribution in [0.1, 0.15) is 5.56 Å². The van der Waals surface area contributed by atoms with E-state index in [4.69, 9.17) is 0 Å². The van der Waals surface area contributed by atoms with Crippen molar-refractivity contribution in [2.45, 2.75) is 0 Å². The topological polar surface area (TPSA) is 15.8 Å². The zero-order valence-electron chi connectivity index (χ0n) is 11.6. The Labute approximate surface area is 123 Å². The van der Waals surface area contributed by atoms with Gasteiger partial charge >= 0.3 is 0 Å². The van der Waals surface area contributed by atoms with E-state index in [1.807, 2.05) is 12.1 Å². The summed E-state index contributed by atoms with van der Waals surface area (Å²) in [6.45, 7) is 4.02. The van der Waals surface area contributed by atoms with E-state index in [1.54, 1.807) is 0 Å². The Balaban J connectivity index is 2.11. The van der Waals surface area contributed by atoms with Crippen LogP contribution in [-0.2, 0) is 0 Å². The molecule has 0 fully saturated rings. The number of para-hydroxylation sites is 1. The Morgan fingerprint density at radius 3 is 2.33 bits per heavy atom. The summed E-state index contributed by atoms with van der Waals surface area (Å²) in [4.78, 5) is 3.54. The zero-order valence-corrected chi connectivity index (χ0v) is 11.6. The lowest BCUT2D eigenvalue weighted by Gasteiger charge is -2.08. The summed E-state index contributed by atoms with van der Waals surface area (Å²) in [5, 5.41) is 2.51. The number of aromatic nitrogens is 1. The highest BCUT2D eigenvalue weighted by molar-refractivity contribution is 6.11. The summed E-state index contributed by atoms with van der Waals surface area (Å²) in [7, 11) is 0. The van der Waals surface area contributed by atoms with Crippen molar-refractivity contribution >= 4 is 27.9 Å². The first kappa shape index (κ1) is 12.0. The minimum atomic E-state index is 1.16. The Kier molecular flexibility index (Phi) is 2.65. The number of hydrogen-bond acceptors (Lipinski definition) is 0. The second-order valence-electron chi connectivity index (χ2n) is 5.19.